The highest BCUT2D eigenvalue weighted by Crippen LogP contribution is 2.18. The van der Waals surface area contributed by atoms with Crippen LogP contribution in [-0.2, 0) is 6.54 Å². The number of aromatic nitrogens is 1. The normalized spacial score (nSPS) is 15.3. The lowest BCUT2D eigenvalue weighted by molar-refractivity contribution is 0.459. The number of anilines is 1. The van der Waals surface area contributed by atoms with Gasteiger partial charge in [0.25, 0.3) is 0 Å². The molecule has 1 saturated heterocycles. The zero-order valence-electron chi connectivity index (χ0n) is 15.9. The lowest BCUT2D eigenvalue weighted by Gasteiger charge is -2.33. The molecule has 1 fully saturated rings. The van der Waals surface area contributed by atoms with E-state index in [-0.39, 0.29) is 0 Å². The molecule has 0 atom stereocenters. The minimum absolute atomic E-state index is 0.392. The maximum Gasteiger partial charge on any atom is 0.191 e. The molecule has 0 amide bonds. The Morgan fingerprint density at radius 3 is 2.78 bits per heavy atom. The highest BCUT2D eigenvalue weighted by Gasteiger charge is 2.20. The first-order chi connectivity index (χ1) is 13.2. The molecule has 0 saturated carbocycles. The van der Waals surface area contributed by atoms with Crippen molar-refractivity contribution >= 4 is 11.8 Å². The topological polar surface area (TPSA) is 76.3 Å². The Morgan fingerprint density at radius 1 is 1.30 bits per heavy atom. The Balaban J connectivity index is 1.48. The Bertz CT molecular complexity index is 813. The summed E-state index contributed by atoms with van der Waals surface area (Å²) in [5.41, 5.74) is 2.93. The SMILES string of the molecule is CN=C(NCc1cccc(C#N)c1)NC1CCN(c2ccc(C)cn2)CC1. The van der Waals surface area contributed by atoms with Gasteiger partial charge in [-0.3, -0.25) is 4.99 Å². The summed E-state index contributed by atoms with van der Waals surface area (Å²) >= 11 is 0. The Hall–Kier alpha value is -3.07. The van der Waals surface area contributed by atoms with E-state index >= 15 is 0 Å². The highest BCUT2D eigenvalue weighted by atomic mass is 15.2. The number of nitriles is 1. The van der Waals surface area contributed by atoms with Gasteiger partial charge >= 0.3 is 0 Å². The molecule has 6 heteroatoms. The van der Waals surface area contributed by atoms with Crippen molar-refractivity contribution in [2.75, 3.05) is 25.0 Å². The van der Waals surface area contributed by atoms with Gasteiger partial charge in [0.2, 0.25) is 0 Å². The molecule has 3 rings (SSSR count). The lowest BCUT2D eigenvalue weighted by Crippen LogP contribution is -2.48. The second-order valence-electron chi connectivity index (χ2n) is 6.84. The predicted molar refractivity (Wildman–Crippen MR) is 109 cm³/mol. The standard InChI is InChI=1S/C21H26N6/c1-16-6-7-20(24-14-16)27-10-8-19(9-11-27)26-21(23-2)25-15-18-5-3-4-17(12-18)13-22/h3-7,12,14,19H,8-11,15H2,1-2H3,(H2,23,25,26). The third-order valence-electron chi connectivity index (χ3n) is 4.80. The van der Waals surface area contributed by atoms with Gasteiger partial charge in [-0.2, -0.15) is 5.26 Å². The van der Waals surface area contributed by atoms with Crippen molar-refractivity contribution in [3.63, 3.8) is 0 Å². The molecule has 27 heavy (non-hydrogen) atoms. The zero-order chi connectivity index (χ0) is 19.1. The molecule has 0 unspecified atom stereocenters. The van der Waals surface area contributed by atoms with E-state index in [1.807, 2.05) is 30.5 Å². The maximum atomic E-state index is 9.00. The smallest absolute Gasteiger partial charge is 0.191 e. The predicted octanol–water partition coefficient (Wildman–Crippen LogP) is 2.60. The van der Waals surface area contributed by atoms with Crippen LogP contribution >= 0.6 is 0 Å². The van der Waals surface area contributed by atoms with Gasteiger partial charge in [0.1, 0.15) is 5.82 Å². The first-order valence-corrected chi connectivity index (χ1v) is 9.32. The largest absolute Gasteiger partial charge is 0.356 e. The van der Waals surface area contributed by atoms with E-state index in [1.54, 1.807) is 7.05 Å². The van der Waals surface area contributed by atoms with Crippen LogP contribution in [0.25, 0.3) is 0 Å². The van der Waals surface area contributed by atoms with Crippen molar-refractivity contribution in [2.24, 2.45) is 4.99 Å². The monoisotopic (exact) mass is 362 g/mol. The summed E-state index contributed by atoms with van der Waals surface area (Å²) < 4.78 is 0. The molecular weight excluding hydrogens is 336 g/mol. The van der Waals surface area contributed by atoms with Crippen molar-refractivity contribution < 1.29 is 0 Å². The minimum Gasteiger partial charge on any atom is -0.356 e. The number of aryl methyl sites for hydroxylation is 1. The summed E-state index contributed by atoms with van der Waals surface area (Å²) in [5, 5.41) is 15.9. The fourth-order valence-electron chi connectivity index (χ4n) is 3.22. The molecule has 140 valence electrons. The fourth-order valence-corrected chi connectivity index (χ4v) is 3.22. The molecule has 6 nitrogen and oxygen atoms in total. The van der Waals surface area contributed by atoms with E-state index in [0.29, 0.717) is 18.2 Å². The number of benzene rings is 1. The molecule has 0 aliphatic carbocycles. The molecule has 1 aliphatic heterocycles. The second-order valence-corrected chi connectivity index (χ2v) is 6.84. The van der Waals surface area contributed by atoms with Crippen LogP contribution in [0, 0.1) is 18.3 Å². The quantitative estimate of drug-likeness (QED) is 0.646. The van der Waals surface area contributed by atoms with Crippen molar-refractivity contribution in [3.8, 4) is 6.07 Å². The van der Waals surface area contributed by atoms with Crippen LogP contribution in [0.3, 0.4) is 0 Å². The first kappa shape index (κ1) is 18.7. The highest BCUT2D eigenvalue weighted by molar-refractivity contribution is 5.80. The van der Waals surface area contributed by atoms with E-state index < -0.39 is 0 Å². The molecule has 2 aromatic rings. The Kier molecular flexibility index (Phi) is 6.26. The van der Waals surface area contributed by atoms with Crippen molar-refractivity contribution in [3.05, 3.63) is 59.3 Å². The molecule has 1 aromatic carbocycles. The summed E-state index contributed by atoms with van der Waals surface area (Å²) in [6.07, 6.45) is 4.01. The summed E-state index contributed by atoms with van der Waals surface area (Å²) in [6.45, 7) is 4.66. The maximum absolute atomic E-state index is 9.00. The first-order valence-electron chi connectivity index (χ1n) is 9.32. The van der Waals surface area contributed by atoms with Gasteiger partial charge in [-0.1, -0.05) is 18.2 Å². The van der Waals surface area contributed by atoms with Crippen LogP contribution in [0.4, 0.5) is 5.82 Å². The van der Waals surface area contributed by atoms with Crippen molar-refractivity contribution in [1.82, 2.24) is 15.6 Å². The average Bonchev–Trinajstić information content (AvgIpc) is 2.72. The lowest BCUT2D eigenvalue weighted by atomic mass is 10.1. The summed E-state index contributed by atoms with van der Waals surface area (Å²) in [5.74, 6) is 1.85. The summed E-state index contributed by atoms with van der Waals surface area (Å²) in [7, 11) is 1.78. The molecular formula is C21H26N6. The summed E-state index contributed by atoms with van der Waals surface area (Å²) in [6, 6.07) is 14.4. The number of hydrogen-bond acceptors (Lipinski definition) is 4. The van der Waals surface area contributed by atoms with Gasteiger partial charge in [0.05, 0.1) is 11.6 Å². The molecule has 0 bridgehead atoms. The van der Waals surface area contributed by atoms with E-state index in [4.69, 9.17) is 5.26 Å². The number of hydrogen-bond donors (Lipinski definition) is 2. The van der Waals surface area contributed by atoms with Crippen LogP contribution in [0.1, 0.15) is 29.5 Å². The van der Waals surface area contributed by atoms with Gasteiger partial charge < -0.3 is 15.5 Å². The summed E-state index contributed by atoms with van der Waals surface area (Å²) in [4.78, 5) is 11.2. The van der Waals surface area contributed by atoms with Crippen molar-refractivity contribution in [2.45, 2.75) is 32.4 Å². The van der Waals surface area contributed by atoms with Crippen LogP contribution in [-0.4, -0.2) is 37.1 Å². The molecule has 2 N–H and O–H groups in total. The number of nitrogens with zero attached hydrogens (tertiary/aromatic N) is 4. The number of nitrogens with one attached hydrogen (secondary N) is 2. The van der Waals surface area contributed by atoms with Gasteiger partial charge in [-0.15, -0.1) is 0 Å². The molecule has 2 heterocycles. The van der Waals surface area contributed by atoms with Crippen LogP contribution in [0.15, 0.2) is 47.6 Å². The second kappa shape index (κ2) is 9.04. The number of piperidine rings is 1. The fraction of sp³-hybridized carbons (Fsp3) is 0.381. The zero-order valence-corrected chi connectivity index (χ0v) is 15.9. The van der Waals surface area contributed by atoms with E-state index in [0.717, 1.165) is 43.3 Å². The van der Waals surface area contributed by atoms with E-state index in [1.165, 1.54) is 5.56 Å². The Labute approximate surface area is 160 Å². The average molecular weight is 362 g/mol. The number of pyridine rings is 1. The third kappa shape index (κ3) is 5.20. The van der Waals surface area contributed by atoms with E-state index in [2.05, 4.69) is 50.6 Å². The van der Waals surface area contributed by atoms with Crippen LogP contribution in [0.5, 0.6) is 0 Å². The minimum atomic E-state index is 0.392. The Morgan fingerprint density at radius 2 is 2.11 bits per heavy atom. The molecule has 1 aromatic heterocycles. The van der Waals surface area contributed by atoms with Crippen LogP contribution < -0.4 is 15.5 Å². The van der Waals surface area contributed by atoms with Gasteiger partial charge in [-0.25, -0.2) is 4.98 Å². The number of rotatable bonds is 4. The van der Waals surface area contributed by atoms with Gasteiger partial charge in [-0.05, 0) is 49.1 Å². The molecule has 0 spiro atoms. The molecule has 0 radical (unpaired) electrons. The molecule has 1 aliphatic rings. The number of guanidine groups is 1. The van der Waals surface area contributed by atoms with Crippen molar-refractivity contribution in [1.29, 1.82) is 5.26 Å². The number of aliphatic imine (C=N–C) groups is 1. The van der Waals surface area contributed by atoms with Crippen LogP contribution in [0.2, 0.25) is 0 Å². The van der Waals surface area contributed by atoms with Gasteiger partial charge in [0, 0.05) is 38.9 Å². The third-order valence-corrected chi connectivity index (χ3v) is 4.80. The van der Waals surface area contributed by atoms with Gasteiger partial charge in [0.15, 0.2) is 5.96 Å². The van der Waals surface area contributed by atoms with E-state index in [9.17, 15) is 0 Å².